The monoisotopic (exact) mass is 302 g/mol. The van der Waals surface area contributed by atoms with Gasteiger partial charge in [-0.1, -0.05) is 13.3 Å². The molecule has 0 aliphatic carbocycles. The van der Waals surface area contributed by atoms with Crippen LogP contribution in [0.4, 0.5) is 0 Å². The summed E-state index contributed by atoms with van der Waals surface area (Å²) < 4.78 is 5.89. The van der Waals surface area contributed by atoms with Gasteiger partial charge in [-0.05, 0) is 53.5 Å². The predicted molar refractivity (Wildman–Crippen MR) is 84.5 cm³/mol. The Morgan fingerprint density at radius 3 is 2.33 bits per heavy atom. The molecule has 1 rings (SSSR count). The number of hydroxylamine groups is 2. The van der Waals surface area contributed by atoms with Gasteiger partial charge in [0.05, 0.1) is 18.8 Å². The van der Waals surface area contributed by atoms with Gasteiger partial charge in [0, 0.05) is 17.6 Å². The predicted octanol–water partition coefficient (Wildman–Crippen LogP) is 2.16. The first-order chi connectivity index (χ1) is 9.69. The van der Waals surface area contributed by atoms with E-state index in [4.69, 9.17) is 4.74 Å². The lowest BCUT2D eigenvalue weighted by Gasteiger charge is -2.51. The summed E-state index contributed by atoms with van der Waals surface area (Å²) in [5.41, 5.74) is -0.618. The van der Waals surface area contributed by atoms with Crippen molar-refractivity contribution in [3.05, 3.63) is 0 Å². The average Bonchev–Trinajstić information content (AvgIpc) is 2.38. The lowest BCUT2D eigenvalue weighted by Crippen LogP contribution is -2.60. The van der Waals surface area contributed by atoms with Gasteiger partial charge in [-0.25, -0.2) is 0 Å². The van der Waals surface area contributed by atoms with E-state index >= 15 is 0 Å². The lowest BCUT2D eigenvalue weighted by atomic mass is 9.80. The molecule has 21 heavy (non-hydrogen) atoms. The van der Waals surface area contributed by atoms with Crippen LogP contribution in [-0.2, 0) is 4.74 Å². The van der Waals surface area contributed by atoms with Crippen LogP contribution in [0.3, 0.4) is 0 Å². The van der Waals surface area contributed by atoms with Crippen molar-refractivity contribution in [2.45, 2.75) is 83.6 Å². The molecule has 1 saturated heterocycles. The molecule has 1 aliphatic heterocycles. The lowest BCUT2D eigenvalue weighted by molar-refractivity contribution is -0.262. The molecule has 1 heterocycles. The number of hydrogen-bond donors (Lipinski definition) is 3. The van der Waals surface area contributed by atoms with Gasteiger partial charge in [-0.3, -0.25) is 0 Å². The van der Waals surface area contributed by atoms with Crippen LogP contribution in [0.25, 0.3) is 0 Å². The molecule has 5 nitrogen and oxygen atoms in total. The molecule has 126 valence electrons. The molecule has 5 heteroatoms. The molecule has 0 spiro atoms. The van der Waals surface area contributed by atoms with Crippen LogP contribution in [0.2, 0.25) is 0 Å². The number of ether oxygens (including phenoxy) is 1. The van der Waals surface area contributed by atoms with Crippen molar-refractivity contribution >= 4 is 0 Å². The van der Waals surface area contributed by atoms with Crippen LogP contribution in [-0.4, -0.2) is 58.4 Å². The maximum atomic E-state index is 10.2. The number of hydrogen-bond acceptors (Lipinski definition) is 5. The summed E-state index contributed by atoms with van der Waals surface area (Å²) >= 11 is 0. The normalized spacial score (nSPS) is 24.1. The summed E-state index contributed by atoms with van der Waals surface area (Å²) in [5.74, 6) is 0. The van der Waals surface area contributed by atoms with E-state index in [0.717, 1.165) is 32.2 Å². The Morgan fingerprint density at radius 1 is 1.24 bits per heavy atom. The Bertz CT molecular complexity index is 290. The summed E-state index contributed by atoms with van der Waals surface area (Å²) in [6, 6.07) is 0. The van der Waals surface area contributed by atoms with Crippen LogP contribution in [0, 0.1) is 0 Å². The molecule has 0 aromatic heterocycles. The first-order valence-corrected chi connectivity index (χ1v) is 8.18. The highest BCUT2D eigenvalue weighted by Gasteiger charge is 2.45. The van der Waals surface area contributed by atoms with Crippen molar-refractivity contribution < 1.29 is 15.1 Å². The third kappa shape index (κ3) is 5.83. The smallest absolute Gasteiger partial charge is 0.0897 e. The first kappa shape index (κ1) is 18.8. The highest BCUT2D eigenvalue weighted by Crippen LogP contribution is 2.37. The topological polar surface area (TPSA) is 65.0 Å². The van der Waals surface area contributed by atoms with E-state index in [2.05, 4.69) is 12.2 Å². The van der Waals surface area contributed by atoms with Gasteiger partial charge in [0.2, 0.25) is 0 Å². The molecule has 0 aromatic rings. The molecule has 0 radical (unpaired) electrons. The molecular formula is C16H34N2O3. The minimum atomic E-state index is -0.472. The largest absolute Gasteiger partial charge is 0.389 e. The van der Waals surface area contributed by atoms with Crippen LogP contribution in [0.15, 0.2) is 0 Å². The van der Waals surface area contributed by atoms with Crippen molar-refractivity contribution in [2.24, 2.45) is 0 Å². The standard InChI is InChI=1S/C16H34N2O3/c1-6-7-8-17-11-13(19)12-21-14-9-15(2,3)18(20)16(4,5)10-14/h13-14,17,19-20H,6-12H2,1-5H3. The fraction of sp³-hybridized carbons (Fsp3) is 1.00. The molecule has 1 atom stereocenters. The van der Waals surface area contributed by atoms with Crippen molar-refractivity contribution in [1.82, 2.24) is 10.4 Å². The fourth-order valence-corrected chi connectivity index (χ4v) is 3.17. The maximum Gasteiger partial charge on any atom is 0.0897 e. The molecule has 1 aliphatic rings. The van der Waals surface area contributed by atoms with Gasteiger partial charge < -0.3 is 20.4 Å². The minimum absolute atomic E-state index is 0.0729. The third-order valence-electron chi connectivity index (χ3n) is 4.21. The Hall–Kier alpha value is -0.200. The molecule has 0 aromatic carbocycles. The number of nitrogens with one attached hydrogen (secondary N) is 1. The maximum absolute atomic E-state index is 10.2. The van der Waals surface area contributed by atoms with Gasteiger partial charge in [-0.15, -0.1) is 0 Å². The van der Waals surface area contributed by atoms with Crippen molar-refractivity contribution in [2.75, 3.05) is 19.7 Å². The van der Waals surface area contributed by atoms with Gasteiger partial charge in [0.25, 0.3) is 0 Å². The number of piperidine rings is 1. The Labute approximate surface area is 129 Å². The van der Waals surface area contributed by atoms with Crippen LogP contribution < -0.4 is 5.32 Å². The third-order valence-corrected chi connectivity index (χ3v) is 4.21. The number of rotatable bonds is 8. The van der Waals surface area contributed by atoms with Crippen molar-refractivity contribution in [1.29, 1.82) is 0 Å². The quantitative estimate of drug-likeness (QED) is 0.600. The highest BCUT2D eigenvalue weighted by molar-refractivity contribution is 4.96. The summed E-state index contributed by atoms with van der Waals surface area (Å²) in [6.45, 7) is 12.1. The SMILES string of the molecule is CCCCNCC(O)COC1CC(C)(C)N(O)C(C)(C)C1. The van der Waals surface area contributed by atoms with E-state index in [1.807, 2.05) is 27.7 Å². The van der Waals surface area contributed by atoms with Crippen LogP contribution >= 0.6 is 0 Å². The van der Waals surface area contributed by atoms with Gasteiger partial charge in [0.1, 0.15) is 0 Å². The van der Waals surface area contributed by atoms with E-state index in [1.54, 1.807) is 0 Å². The number of nitrogens with zero attached hydrogens (tertiary/aromatic N) is 1. The first-order valence-electron chi connectivity index (χ1n) is 8.18. The van der Waals surface area contributed by atoms with Gasteiger partial charge in [0.15, 0.2) is 0 Å². The second-order valence-corrected chi connectivity index (χ2v) is 7.51. The van der Waals surface area contributed by atoms with Crippen molar-refractivity contribution in [3.63, 3.8) is 0 Å². The Balaban J connectivity index is 2.35. The summed E-state index contributed by atoms with van der Waals surface area (Å²) in [5, 5.41) is 24.9. The fourth-order valence-electron chi connectivity index (χ4n) is 3.17. The average molecular weight is 302 g/mol. The van der Waals surface area contributed by atoms with E-state index < -0.39 is 6.10 Å². The van der Waals surface area contributed by atoms with Crippen LogP contribution in [0.5, 0.6) is 0 Å². The summed E-state index contributed by atoms with van der Waals surface area (Å²) in [6.07, 6.45) is 3.42. The van der Waals surface area contributed by atoms with Crippen molar-refractivity contribution in [3.8, 4) is 0 Å². The van der Waals surface area contributed by atoms with Gasteiger partial charge in [-0.2, -0.15) is 5.06 Å². The second-order valence-electron chi connectivity index (χ2n) is 7.51. The number of unbranched alkanes of at least 4 members (excludes halogenated alkanes) is 1. The summed E-state index contributed by atoms with van der Waals surface area (Å²) in [4.78, 5) is 0. The van der Waals surface area contributed by atoms with Gasteiger partial charge >= 0.3 is 0 Å². The molecule has 1 unspecified atom stereocenters. The van der Waals surface area contributed by atoms with E-state index in [0.29, 0.717) is 13.2 Å². The van der Waals surface area contributed by atoms with Crippen LogP contribution in [0.1, 0.15) is 60.3 Å². The number of aliphatic hydroxyl groups is 1. The zero-order valence-corrected chi connectivity index (χ0v) is 14.4. The summed E-state index contributed by atoms with van der Waals surface area (Å²) in [7, 11) is 0. The molecule has 3 N–H and O–H groups in total. The molecular weight excluding hydrogens is 268 g/mol. The minimum Gasteiger partial charge on any atom is -0.389 e. The van der Waals surface area contributed by atoms with E-state index in [1.165, 1.54) is 5.06 Å². The number of aliphatic hydroxyl groups excluding tert-OH is 1. The molecule has 0 bridgehead atoms. The van der Waals surface area contributed by atoms with E-state index in [9.17, 15) is 10.3 Å². The highest BCUT2D eigenvalue weighted by atomic mass is 16.5. The molecule has 1 fully saturated rings. The zero-order chi connectivity index (χ0) is 16.1. The second kappa shape index (κ2) is 7.88. The Kier molecular flexibility index (Phi) is 7.07. The van der Waals surface area contributed by atoms with E-state index in [-0.39, 0.29) is 17.2 Å². The molecule has 0 amide bonds. The Morgan fingerprint density at radius 2 is 1.81 bits per heavy atom. The molecule has 0 saturated carbocycles. The zero-order valence-electron chi connectivity index (χ0n) is 14.4.